The lowest BCUT2D eigenvalue weighted by Crippen LogP contribution is -2.11. The first kappa shape index (κ1) is 21.8. The molecule has 0 bridgehead atoms. The molecule has 0 aliphatic carbocycles. The van der Waals surface area contributed by atoms with E-state index in [-0.39, 0.29) is 12.4 Å². The first-order valence-corrected chi connectivity index (χ1v) is 9.41. The third kappa shape index (κ3) is 5.75. The number of halogens is 1. The molecule has 0 radical (unpaired) electrons. The molecule has 3 nitrogen and oxygen atoms in total. The van der Waals surface area contributed by atoms with Gasteiger partial charge in [0.2, 0.25) is 0 Å². The summed E-state index contributed by atoms with van der Waals surface area (Å²) in [4.78, 5) is 0. The van der Waals surface area contributed by atoms with Gasteiger partial charge in [0.25, 0.3) is 0 Å². The Labute approximate surface area is 173 Å². The van der Waals surface area contributed by atoms with E-state index in [0.29, 0.717) is 25.7 Å². The minimum absolute atomic E-state index is 0. The van der Waals surface area contributed by atoms with E-state index in [9.17, 15) is 0 Å². The fraction of sp³-hybridized carbons (Fsp3) is 0.250. The summed E-state index contributed by atoms with van der Waals surface area (Å²) in [5, 5.41) is 0. The Bertz CT molecular complexity index is 848. The van der Waals surface area contributed by atoms with Crippen molar-refractivity contribution >= 4 is 12.4 Å². The standard InChI is InChI=1S/C24H27NO2.ClH/c1-18(2)20-8-10-21(11-9-20)22-12-13-23(26-15-14-25)24(16-22)27-17-19-6-4-3-5-7-19;/h3-13,16,18H,14-15,17,25H2,1-2H3;1H. The quantitative estimate of drug-likeness (QED) is 0.521. The van der Waals surface area contributed by atoms with E-state index < -0.39 is 0 Å². The Balaban J connectivity index is 0.00000280. The maximum absolute atomic E-state index is 6.08. The molecule has 0 saturated carbocycles. The zero-order valence-electron chi connectivity index (χ0n) is 16.4. The maximum atomic E-state index is 6.08. The molecule has 0 unspecified atom stereocenters. The second-order valence-corrected chi connectivity index (χ2v) is 6.85. The third-order valence-electron chi connectivity index (χ3n) is 4.47. The van der Waals surface area contributed by atoms with Crippen LogP contribution in [-0.4, -0.2) is 13.2 Å². The molecule has 3 rings (SSSR count). The van der Waals surface area contributed by atoms with E-state index in [1.165, 1.54) is 5.56 Å². The monoisotopic (exact) mass is 397 g/mol. The molecule has 0 aliphatic heterocycles. The molecule has 28 heavy (non-hydrogen) atoms. The highest BCUT2D eigenvalue weighted by Crippen LogP contribution is 2.34. The summed E-state index contributed by atoms with van der Waals surface area (Å²) in [6.45, 7) is 5.83. The van der Waals surface area contributed by atoms with E-state index in [2.05, 4.69) is 56.3 Å². The van der Waals surface area contributed by atoms with Crippen molar-refractivity contribution in [3.05, 3.63) is 83.9 Å². The lowest BCUT2D eigenvalue weighted by molar-refractivity contribution is 0.266. The molecule has 0 spiro atoms. The smallest absolute Gasteiger partial charge is 0.162 e. The molecule has 0 fully saturated rings. The average molecular weight is 398 g/mol. The lowest BCUT2D eigenvalue weighted by Gasteiger charge is -2.15. The van der Waals surface area contributed by atoms with Crippen LogP contribution in [0.3, 0.4) is 0 Å². The van der Waals surface area contributed by atoms with Crippen LogP contribution in [0.4, 0.5) is 0 Å². The van der Waals surface area contributed by atoms with E-state index in [1.54, 1.807) is 0 Å². The number of nitrogens with two attached hydrogens (primary N) is 1. The predicted molar refractivity (Wildman–Crippen MR) is 119 cm³/mol. The van der Waals surface area contributed by atoms with Crippen molar-refractivity contribution in [1.29, 1.82) is 0 Å². The van der Waals surface area contributed by atoms with Gasteiger partial charge in [0, 0.05) is 6.54 Å². The van der Waals surface area contributed by atoms with Crippen LogP contribution in [0.1, 0.15) is 30.9 Å². The normalized spacial score (nSPS) is 10.4. The van der Waals surface area contributed by atoms with Crippen molar-refractivity contribution < 1.29 is 9.47 Å². The minimum Gasteiger partial charge on any atom is -0.488 e. The molecule has 0 aliphatic rings. The molecule has 3 aromatic rings. The van der Waals surface area contributed by atoms with Gasteiger partial charge in [-0.3, -0.25) is 0 Å². The van der Waals surface area contributed by atoms with Crippen LogP contribution in [-0.2, 0) is 6.61 Å². The highest BCUT2D eigenvalue weighted by atomic mass is 35.5. The van der Waals surface area contributed by atoms with Gasteiger partial charge in [-0.25, -0.2) is 0 Å². The van der Waals surface area contributed by atoms with Gasteiger partial charge in [0.1, 0.15) is 13.2 Å². The largest absolute Gasteiger partial charge is 0.488 e. The summed E-state index contributed by atoms with van der Waals surface area (Å²) >= 11 is 0. The zero-order valence-corrected chi connectivity index (χ0v) is 17.2. The first-order valence-electron chi connectivity index (χ1n) is 9.41. The lowest BCUT2D eigenvalue weighted by atomic mass is 9.98. The summed E-state index contributed by atoms with van der Waals surface area (Å²) in [6, 6.07) is 24.9. The van der Waals surface area contributed by atoms with Crippen molar-refractivity contribution in [1.82, 2.24) is 0 Å². The number of ether oxygens (including phenoxy) is 2. The van der Waals surface area contributed by atoms with Crippen molar-refractivity contribution in [2.24, 2.45) is 5.73 Å². The SMILES string of the molecule is CC(C)c1ccc(-c2ccc(OCCN)c(OCc3ccccc3)c2)cc1.Cl. The summed E-state index contributed by atoms with van der Waals surface area (Å²) in [6.07, 6.45) is 0. The number of hydrogen-bond acceptors (Lipinski definition) is 3. The van der Waals surface area contributed by atoms with Crippen LogP contribution >= 0.6 is 12.4 Å². The van der Waals surface area contributed by atoms with Crippen LogP contribution in [0.2, 0.25) is 0 Å². The molecule has 0 atom stereocenters. The second-order valence-electron chi connectivity index (χ2n) is 6.85. The average Bonchev–Trinajstić information content (AvgIpc) is 2.72. The zero-order chi connectivity index (χ0) is 19.1. The summed E-state index contributed by atoms with van der Waals surface area (Å²) in [5.41, 5.74) is 10.3. The summed E-state index contributed by atoms with van der Waals surface area (Å²) in [5.74, 6) is 1.98. The number of rotatable bonds is 8. The highest BCUT2D eigenvalue weighted by molar-refractivity contribution is 5.85. The molecule has 0 heterocycles. The second kappa shape index (κ2) is 10.7. The van der Waals surface area contributed by atoms with Gasteiger partial charge >= 0.3 is 0 Å². The van der Waals surface area contributed by atoms with Crippen LogP contribution in [0, 0.1) is 0 Å². The Morgan fingerprint density at radius 1 is 0.786 bits per heavy atom. The molecular formula is C24H28ClNO2. The summed E-state index contributed by atoms with van der Waals surface area (Å²) in [7, 11) is 0. The third-order valence-corrected chi connectivity index (χ3v) is 4.47. The van der Waals surface area contributed by atoms with Gasteiger partial charge in [-0.1, -0.05) is 74.5 Å². The molecule has 4 heteroatoms. The van der Waals surface area contributed by atoms with Crippen LogP contribution in [0.15, 0.2) is 72.8 Å². The molecule has 0 saturated heterocycles. The van der Waals surface area contributed by atoms with Crippen molar-refractivity contribution in [2.45, 2.75) is 26.4 Å². The van der Waals surface area contributed by atoms with Crippen LogP contribution in [0.5, 0.6) is 11.5 Å². The first-order chi connectivity index (χ1) is 13.2. The highest BCUT2D eigenvalue weighted by Gasteiger charge is 2.09. The minimum atomic E-state index is 0. The van der Waals surface area contributed by atoms with Gasteiger partial charge < -0.3 is 15.2 Å². The molecule has 2 N–H and O–H groups in total. The van der Waals surface area contributed by atoms with Crippen molar-refractivity contribution in [3.63, 3.8) is 0 Å². The van der Waals surface area contributed by atoms with E-state index in [1.807, 2.05) is 30.3 Å². The van der Waals surface area contributed by atoms with E-state index >= 15 is 0 Å². The van der Waals surface area contributed by atoms with Crippen LogP contribution in [0.25, 0.3) is 11.1 Å². The predicted octanol–water partition coefficient (Wildman–Crippen LogP) is 5.82. The Hall–Kier alpha value is -2.49. The molecule has 0 aromatic heterocycles. The topological polar surface area (TPSA) is 44.5 Å². The molecule has 0 amide bonds. The van der Waals surface area contributed by atoms with Gasteiger partial charge in [0.15, 0.2) is 11.5 Å². The number of hydrogen-bond donors (Lipinski definition) is 1. The maximum Gasteiger partial charge on any atom is 0.162 e. The van der Waals surface area contributed by atoms with E-state index in [4.69, 9.17) is 15.2 Å². The van der Waals surface area contributed by atoms with Crippen molar-refractivity contribution in [3.8, 4) is 22.6 Å². The van der Waals surface area contributed by atoms with Gasteiger partial charge in [-0.05, 0) is 40.3 Å². The fourth-order valence-corrected chi connectivity index (χ4v) is 2.88. The van der Waals surface area contributed by atoms with Gasteiger partial charge in [-0.15, -0.1) is 12.4 Å². The Morgan fingerprint density at radius 2 is 1.46 bits per heavy atom. The van der Waals surface area contributed by atoms with E-state index in [0.717, 1.165) is 28.2 Å². The Morgan fingerprint density at radius 3 is 2.11 bits per heavy atom. The molecule has 3 aromatic carbocycles. The summed E-state index contributed by atoms with van der Waals surface area (Å²) < 4.78 is 11.8. The van der Waals surface area contributed by atoms with Gasteiger partial charge in [-0.2, -0.15) is 0 Å². The number of benzene rings is 3. The fourth-order valence-electron chi connectivity index (χ4n) is 2.88. The molecule has 148 valence electrons. The van der Waals surface area contributed by atoms with Crippen molar-refractivity contribution in [2.75, 3.05) is 13.2 Å². The van der Waals surface area contributed by atoms with Gasteiger partial charge in [0.05, 0.1) is 0 Å². The molecular weight excluding hydrogens is 370 g/mol. The van der Waals surface area contributed by atoms with Crippen LogP contribution < -0.4 is 15.2 Å². The Kier molecular flexibility index (Phi) is 8.37.